The summed E-state index contributed by atoms with van der Waals surface area (Å²) in [7, 11) is -1.58. The van der Waals surface area contributed by atoms with Crippen LogP contribution in [0.3, 0.4) is 0 Å². The van der Waals surface area contributed by atoms with E-state index in [1.54, 1.807) is 7.11 Å². The van der Waals surface area contributed by atoms with E-state index in [0.717, 1.165) is 17.7 Å². The molecular weight excluding hydrogens is 304 g/mol. The molecule has 0 aliphatic carbocycles. The second-order valence-electron chi connectivity index (χ2n) is 5.26. The molecule has 0 aromatic heterocycles. The van der Waals surface area contributed by atoms with Crippen molar-refractivity contribution >= 4 is 15.9 Å². The predicted octanol–water partition coefficient (Wildman–Crippen LogP) is 1.13. The molecule has 1 saturated heterocycles. The summed E-state index contributed by atoms with van der Waals surface area (Å²) < 4.78 is 30.3. The van der Waals surface area contributed by atoms with Gasteiger partial charge in [-0.3, -0.25) is 4.79 Å². The smallest absolute Gasteiger partial charge is 0.221 e. The Balaban J connectivity index is 1.81. The van der Waals surface area contributed by atoms with E-state index >= 15 is 0 Å². The number of benzene rings is 1. The maximum Gasteiger partial charge on any atom is 0.221 e. The Hall–Kier alpha value is -1.60. The lowest BCUT2D eigenvalue weighted by Gasteiger charge is -2.25. The second kappa shape index (κ2) is 7.60. The van der Waals surface area contributed by atoms with Crippen LogP contribution in [0.25, 0.3) is 0 Å². The summed E-state index contributed by atoms with van der Waals surface area (Å²) in [5.41, 5.74) is 0.893. The Morgan fingerprint density at radius 2 is 2.09 bits per heavy atom. The number of carbonyl (C=O) groups is 1. The minimum absolute atomic E-state index is 0.160. The van der Waals surface area contributed by atoms with E-state index in [9.17, 15) is 13.2 Å². The first kappa shape index (κ1) is 16.8. The number of sulfonamides is 1. The van der Waals surface area contributed by atoms with Gasteiger partial charge in [-0.2, -0.15) is 0 Å². The normalized spacial score (nSPS) is 17.9. The molecule has 1 aromatic rings. The number of nitrogens with one attached hydrogen (secondary N) is 1. The Labute approximate surface area is 131 Å². The van der Waals surface area contributed by atoms with Gasteiger partial charge in [-0.05, 0) is 18.9 Å². The van der Waals surface area contributed by atoms with Gasteiger partial charge < -0.3 is 10.1 Å². The lowest BCUT2D eigenvalue weighted by molar-refractivity contribution is -0.121. The van der Waals surface area contributed by atoms with Crippen LogP contribution in [0.5, 0.6) is 5.75 Å². The molecular formula is C15H22N2O4S. The van der Waals surface area contributed by atoms with Gasteiger partial charge in [-0.25, -0.2) is 12.7 Å². The number of ether oxygens (including phenoxy) is 1. The molecule has 0 bridgehead atoms. The fraction of sp³-hybridized carbons (Fsp3) is 0.533. The third-order valence-electron chi connectivity index (χ3n) is 3.71. The van der Waals surface area contributed by atoms with Crippen LogP contribution in [0.2, 0.25) is 0 Å². The summed E-state index contributed by atoms with van der Waals surface area (Å²) in [5.74, 6) is 0.753. The zero-order valence-corrected chi connectivity index (χ0v) is 13.6. The van der Waals surface area contributed by atoms with Crippen molar-refractivity contribution in [2.24, 2.45) is 0 Å². The highest BCUT2D eigenvalue weighted by atomic mass is 32.2. The summed E-state index contributed by atoms with van der Waals surface area (Å²) in [4.78, 5) is 11.9. The molecule has 1 N–H and O–H groups in total. The van der Waals surface area contributed by atoms with Crippen LogP contribution in [-0.2, 0) is 21.4 Å². The van der Waals surface area contributed by atoms with Gasteiger partial charge in [0.05, 0.1) is 12.9 Å². The van der Waals surface area contributed by atoms with Crippen LogP contribution in [0.1, 0.15) is 24.8 Å². The largest absolute Gasteiger partial charge is 0.496 e. The maximum atomic E-state index is 11.9. The molecule has 1 heterocycles. The minimum atomic E-state index is -3.16. The van der Waals surface area contributed by atoms with Crippen LogP contribution in [-0.4, -0.2) is 44.6 Å². The van der Waals surface area contributed by atoms with Gasteiger partial charge >= 0.3 is 0 Å². The minimum Gasteiger partial charge on any atom is -0.496 e. The van der Waals surface area contributed by atoms with Gasteiger partial charge in [0.15, 0.2) is 0 Å². The highest BCUT2D eigenvalue weighted by molar-refractivity contribution is 7.89. The molecule has 1 fully saturated rings. The van der Waals surface area contributed by atoms with Crippen molar-refractivity contribution in [2.45, 2.75) is 25.8 Å². The number of hydrogen-bond donors (Lipinski definition) is 1. The number of hydrogen-bond acceptors (Lipinski definition) is 4. The molecule has 0 spiro atoms. The molecule has 6 nitrogen and oxygen atoms in total. The number of rotatable bonds is 6. The second-order valence-corrected chi connectivity index (χ2v) is 7.35. The van der Waals surface area contributed by atoms with Gasteiger partial charge in [0.25, 0.3) is 0 Å². The quantitative estimate of drug-likeness (QED) is 0.850. The molecule has 122 valence electrons. The van der Waals surface area contributed by atoms with Crippen molar-refractivity contribution in [1.29, 1.82) is 0 Å². The van der Waals surface area contributed by atoms with Gasteiger partial charge in [0.1, 0.15) is 5.75 Å². The lowest BCUT2D eigenvalue weighted by Crippen LogP contribution is -2.40. The van der Waals surface area contributed by atoms with Crippen molar-refractivity contribution < 1.29 is 17.9 Å². The predicted molar refractivity (Wildman–Crippen MR) is 84.1 cm³/mol. The molecule has 2 rings (SSSR count). The van der Waals surface area contributed by atoms with Gasteiger partial charge in [0.2, 0.25) is 15.9 Å². The first-order chi connectivity index (χ1) is 10.5. The van der Waals surface area contributed by atoms with E-state index in [4.69, 9.17) is 4.74 Å². The van der Waals surface area contributed by atoms with E-state index in [1.165, 1.54) is 4.31 Å². The molecule has 1 aliphatic heterocycles. The molecule has 1 aliphatic rings. The molecule has 0 atom stereocenters. The van der Waals surface area contributed by atoms with Crippen molar-refractivity contribution in [2.75, 3.05) is 26.0 Å². The summed E-state index contributed by atoms with van der Waals surface area (Å²) in [6.45, 7) is 1.14. The average Bonchev–Trinajstić information content (AvgIpc) is 2.51. The number of carbonyl (C=O) groups excluding carboxylic acids is 1. The fourth-order valence-corrected chi connectivity index (χ4v) is 4.05. The summed E-state index contributed by atoms with van der Waals surface area (Å²) in [6.07, 6.45) is 1.75. The molecule has 7 heteroatoms. The van der Waals surface area contributed by atoms with Crippen LogP contribution in [0, 0.1) is 0 Å². The van der Waals surface area contributed by atoms with Crippen LogP contribution >= 0.6 is 0 Å². The van der Waals surface area contributed by atoms with E-state index in [-0.39, 0.29) is 24.6 Å². The Kier molecular flexibility index (Phi) is 5.79. The van der Waals surface area contributed by atoms with Crippen LogP contribution in [0.15, 0.2) is 24.3 Å². The van der Waals surface area contributed by atoms with Gasteiger partial charge in [0, 0.05) is 31.6 Å². The van der Waals surface area contributed by atoms with E-state index in [1.807, 2.05) is 24.3 Å². The summed E-state index contributed by atoms with van der Waals surface area (Å²) >= 11 is 0. The Morgan fingerprint density at radius 1 is 1.32 bits per heavy atom. The van der Waals surface area contributed by atoms with Crippen molar-refractivity contribution in [3.05, 3.63) is 29.8 Å². The monoisotopic (exact) mass is 326 g/mol. The van der Waals surface area contributed by atoms with Crippen LogP contribution < -0.4 is 10.1 Å². The van der Waals surface area contributed by atoms with E-state index < -0.39 is 10.0 Å². The third kappa shape index (κ3) is 4.45. The SMILES string of the molecule is COc1ccccc1CNC(=O)CCN1CCCCS1(=O)=O. The molecule has 1 amide bonds. The van der Waals surface area contributed by atoms with Gasteiger partial charge in [-0.15, -0.1) is 0 Å². The maximum absolute atomic E-state index is 11.9. The zero-order valence-electron chi connectivity index (χ0n) is 12.7. The molecule has 1 aromatic carbocycles. The van der Waals surface area contributed by atoms with Crippen LogP contribution in [0.4, 0.5) is 0 Å². The number of methoxy groups -OCH3 is 1. The number of nitrogens with zero attached hydrogens (tertiary/aromatic N) is 1. The molecule has 0 radical (unpaired) electrons. The average molecular weight is 326 g/mol. The lowest BCUT2D eigenvalue weighted by atomic mass is 10.2. The van der Waals surface area contributed by atoms with E-state index in [0.29, 0.717) is 19.5 Å². The number of amides is 1. The molecule has 0 saturated carbocycles. The summed E-state index contributed by atoms with van der Waals surface area (Å²) in [5, 5.41) is 2.80. The number of para-hydroxylation sites is 1. The van der Waals surface area contributed by atoms with Gasteiger partial charge in [-0.1, -0.05) is 18.2 Å². The summed E-state index contributed by atoms with van der Waals surface area (Å²) in [6, 6.07) is 7.46. The molecule has 22 heavy (non-hydrogen) atoms. The molecule has 0 unspecified atom stereocenters. The topological polar surface area (TPSA) is 75.7 Å². The standard InChI is InChI=1S/C15H22N2O4S/c1-21-14-7-3-2-6-13(14)12-16-15(18)8-10-17-9-4-5-11-22(17,19)20/h2-3,6-7H,4-5,8-12H2,1H3,(H,16,18). The third-order valence-corrected chi connectivity index (χ3v) is 5.67. The Bertz CT molecular complexity index is 616. The van der Waals surface area contributed by atoms with Crippen molar-refractivity contribution in [3.63, 3.8) is 0 Å². The first-order valence-corrected chi connectivity index (χ1v) is 9.00. The first-order valence-electron chi connectivity index (χ1n) is 7.39. The van der Waals surface area contributed by atoms with E-state index in [2.05, 4.69) is 5.32 Å². The highest BCUT2D eigenvalue weighted by Gasteiger charge is 2.25. The zero-order chi connectivity index (χ0) is 16.0. The Morgan fingerprint density at radius 3 is 2.82 bits per heavy atom. The fourth-order valence-electron chi connectivity index (χ4n) is 2.45. The van der Waals surface area contributed by atoms with Crippen molar-refractivity contribution in [3.8, 4) is 5.75 Å². The van der Waals surface area contributed by atoms with Crippen molar-refractivity contribution in [1.82, 2.24) is 9.62 Å². The highest BCUT2D eigenvalue weighted by Crippen LogP contribution is 2.17.